The van der Waals surface area contributed by atoms with Crippen molar-refractivity contribution in [2.75, 3.05) is 5.75 Å². The Bertz CT molecular complexity index is 673. The van der Waals surface area contributed by atoms with Crippen molar-refractivity contribution in [1.29, 1.82) is 0 Å². The first-order valence-electron chi connectivity index (χ1n) is 8.52. The van der Waals surface area contributed by atoms with Gasteiger partial charge in [-0.15, -0.1) is 5.10 Å². The van der Waals surface area contributed by atoms with Gasteiger partial charge in [0.1, 0.15) is 6.33 Å². The number of aromatic nitrogens is 3. The second-order valence-corrected chi connectivity index (χ2v) is 7.48. The molecule has 2 aromatic rings. The van der Waals surface area contributed by atoms with Gasteiger partial charge in [-0.1, -0.05) is 56.7 Å². The van der Waals surface area contributed by atoms with Crippen molar-refractivity contribution in [3.63, 3.8) is 0 Å². The normalized spacial score (nSPS) is 23.8. The fourth-order valence-electron chi connectivity index (χ4n) is 3.18. The molecular formula is C18H24N4OS. The van der Waals surface area contributed by atoms with Crippen LogP contribution in [-0.4, -0.2) is 32.5 Å². The Kier molecular flexibility index (Phi) is 5.56. The van der Waals surface area contributed by atoms with Crippen molar-refractivity contribution in [2.24, 2.45) is 11.8 Å². The number of carbonyl (C=O) groups is 1. The number of amides is 1. The molecule has 1 saturated carbocycles. The van der Waals surface area contributed by atoms with Gasteiger partial charge in [-0.2, -0.15) is 0 Å². The van der Waals surface area contributed by atoms with E-state index in [1.807, 2.05) is 30.3 Å². The highest BCUT2D eigenvalue weighted by atomic mass is 32.2. The monoisotopic (exact) mass is 344 g/mol. The maximum absolute atomic E-state index is 12.2. The standard InChI is InChI=1S/C18H24N4OS/c1-13-7-6-10-16(14(13)2)20-17(23)11-24-18-19-12-22(21-18)15-8-4-3-5-9-15/h3-5,8-9,12-14,16H,6-7,10-11H2,1-2H3,(H,20,23). The highest BCUT2D eigenvalue weighted by molar-refractivity contribution is 7.99. The molecule has 0 bridgehead atoms. The fraction of sp³-hybridized carbons (Fsp3) is 0.500. The summed E-state index contributed by atoms with van der Waals surface area (Å²) >= 11 is 1.38. The van der Waals surface area contributed by atoms with Crippen LogP contribution in [0.25, 0.3) is 5.69 Å². The molecule has 1 aromatic carbocycles. The van der Waals surface area contributed by atoms with Crippen molar-refractivity contribution in [3.8, 4) is 5.69 Å². The summed E-state index contributed by atoms with van der Waals surface area (Å²) in [6.45, 7) is 4.52. The molecule has 0 aliphatic heterocycles. The lowest BCUT2D eigenvalue weighted by Gasteiger charge is -2.34. The molecule has 3 atom stereocenters. The smallest absolute Gasteiger partial charge is 0.230 e. The summed E-state index contributed by atoms with van der Waals surface area (Å²) in [5, 5.41) is 8.22. The highest BCUT2D eigenvalue weighted by Gasteiger charge is 2.28. The van der Waals surface area contributed by atoms with Crippen molar-refractivity contribution < 1.29 is 4.79 Å². The molecule has 1 aromatic heterocycles. The molecule has 1 N–H and O–H groups in total. The quantitative estimate of drug-likeness (QED) is 0.846. The molecule has 3 rings (SSSR count). The van der Waals surface area contributed by atoms with Crippen molar-refractivity contribution in [1.82, 2.24) is 20.1 Å². The van der Waals surface area contributed by atoms with E-state index in [2.05, 4.69) is 29.2 Å². The van der Waals surface area contributed by atoms with E-state index < -0.39 is 0 Å². The molecule has 5 nitrogen and oxygen atoms in total. The van der Waals surface area contributed by atoms with Gasteiger partial charge in [0.15, 0.2) is 0 Å². The molecule has 128 valence electrons. The Labute approximate surface area is 147 Å². The van der Waals surface area contributed by atoms with Gasteiger partial charge in [0.2, 0.25) is 11.1 Å². The van der Waals surface area contributed by atoms with E-state index in [4.69, 9.17) is 0 Å². The van der Waals surface area contributed by atoms with Crippen molar-refractivity contribution >= 4 is 17.7 Å². The van der Waals surface area contributed by atoms with E-state index in [1.165, 1.54) is 24.6 Å². The Morgan fingerprint density at radius 3 is 2.88 bits per heavy atom. The second kappa shape index (κ2) is 7.83. The summed E-state index contributed by atoms with van der Waals surface area (Å²) in [7, 11) is 0. The zero-order chi connectivity index (χ0) is 16.9. The summed E-state index contributed by atoms with van der Waals surface area (Å²) in [4.78, 5) is 16.5. The number of carbonyl (C=O) groups excluding carboxylic acids is 1. The van der Waals surface area contributed by atoms with Crippen molar-refractivity contribution in [2.45, 2.75) is 44.3 Å². The number of nitrogens with zero attached hydrogens (tertiary/aromatic N) is 3. The zero-order valence-corrected chi connectivity index (χ0v) is 15.0. The van der Waals surface area contributed by atoms with Gasteiger partial charge >= 0.3 is 0 Å². The van der Waals surface area contributed by atoms with Crippen LogP contribution in [0, 0.1) is 11.8 Å². The number of para-hydroxylation sites is 1. The minimum Gasteiger partial charge on any atom is -0.352 e. The molecule has 24 heavy (non-hydrogen) atoms. The second-order valence-electron chi connectivity index (χ2n) is 6.54. The van der Waals surface area contributed by atoms with Gasteiger partial charge < -0.3 is 5.32 Å². The maximum atomic E-state index is 12.2. The molecule has 1 aliphatic rings. The van der Waals surface area contributed by atoms with Gasteiger partial charge in [-0.3, -0.25) is 4.79 Å². The molecule has 0 radical (unpaired) electrons. The lowest BCUT2D eigenvalue weighted by molar-refractivity contribution is -0.120. The van der Waals surface area contributed by atoms with Gasteiger partial charge in [0.05, 0.1) is 11.4 Å². The molecule has 1 aliphatic carbocycles. The first kappa shape index (κ1) is 17.0. The molecule has 1 heterocycles. The number of thioether (sulfide) groups is 1. The SMILES string of the molecule is CC1CCCC(NC(=O)CSc2ncn(-c3ccccc3)n2)C1C. The largest absolute Gasteiger partial charge is 0.352 e. The Morgan fingerprint density at radius 2 is 2.08 bits per heavy atom. The predicted octanol–water partition coefficient (Wildman–Crippen LogP) is 3.30. The molecular weight excluding hydrogens is 320 g/mol. The highest BCUT2D eigenvalue weighted by Crippen LogP contribution is 2.29. The Hall–Kier alpha value is -1.82. The molecule has 1 fully saturated rings. The molecule has 0 spiro atoms. The zero-order valence-electron chi connectivity index (χ0n) is 14.2. The van der Waals surface area contributed by atoms with Crippen LogP contribution in [-0.2, 0) is 4.79 Å². The van der Waals surface area contributed by atoms with Crippen LogP contribution in [0.1, 0.15) is 33.1 Å². The first-order valence-corrected chi connectivity index (χ1v) is 9.51. The number of hydrogen-bond donors (Lipinski definition) is 1. The minimum atomic E-state index is 0.0713. The van der Waals surface area contributed by atoms with E-state index in [9.17, 15) is 4.79 Å². The lowest BCUT2D eigenvalue weighted by atomic mass is 9.78. The third kappa shape index (κ3) is 4.17. The number of nitrogens with one attached hydrogen (secondary N) is 1. The lowest BCUT2D eigenvalue weighted by Crippen LogP contribution is -2.44. The van der Waals surface area contributed by atoms with Crippen LogP contribution in [0.15, 0.2) is 41.8 Å². The summed E-state index contributed by atoms with van der Waals surface area (Å²) in [5.41, 5.74) is 0.964. The average molecular weight is 344 g/mol. The topological polar surface area (TPSA) is 59.8 Å². The third-order valence-corrected chi connectivity index (χ3v) is 5.73. The van der Waals surface area contributed by atoms with E-state index in [0.717, 1.165) is 12.1 Å². The first-order chi connectivity index (χ1) is 11.6. The summed E-state index contributed by atoms with van der Waals surface area (Å²) in [6, 6.07) is 10.1. The van der Waals surface area contributed by atoms with Gasteiger partial charge in [0, 0.05) is 6.04 Å². The van der Waals surface area contributed by atoms with Crippen LogP contribution < -0.4 is 5.32 Å². The fourth-order valence-corrected chi connectivity index (χ4v) is 3.79. The van der Waals surface area contributed by atoms with Gasteiger partial charge in [-0.25, -0.2) is 9.67 Å². The Balaban J connectivity index is 1.51. The van der Waals surface area contributed by atoms with Gasteiger partial charge in [-0.05, 0) is 30.4 Å². The van der Waals surface area contributed by atoms with Crippen molar-refractivity contribution in [3.05, 3.63) is 36.7 Å². The maximum Gasteiger partial charge on any atom is 0.230 e. The molecule has 6 heteroatoms. The van der Waals surface area contributed by atoms with E-state index in [1.54, 1.807) is 11.0 Å². The van der Waals surface area contributed by atoms with Crippen LogP contribution in [0.2, 0.25) is 0 Å². The van der Waals surface area contributed by atoms with E-state index >= 15 is 0 Å². The molecule has 0 saturated heterocycles. The molecule has 3 unspecified atom stereocenters. The van der Waals surface area contributed by atoms with Crippen LogP contribution in [0.5, 0.6) is 0 Å². The number of rotatable bonds is 5. The minimum absolute atomic E-state index is 0.0713. The summed E-state index contributed by atoms with van der Waals surface area (Å²) in [6.07, 6.45) is 5.24. The van der Waals surface area contributed by atoms with Crippen LogP contribution in [0.3, 0.4) is 0 Å². The van der Waals surface area contributed by atoms with Gasteiger partial charge in [0.25, 0.3) is 0 Å². The third-order valence-electron chi connectivity index (χ3n) is 4.88. The van der Waals surface area contributed by atoms with Crippen LogP contribution in [0.4, 0.5) is 0 Å². The van der Waals surface area contributed by atoms with E-state index in [0.29, 0.717) is 28.8 Å². The molecule has 1 amide bonds. The summed E-state index contributed by atoms with van der Waals surface area (Å²) < 4.78 is 1.73. The predicted molar refractivity (Wildman–Crippen MR) is 96.2 cm³/mol. The van der Waals surface area contributed by atoms with E-state index in [-0.39, 0.29) is 5.91 Å². The average Bonchev–Trinajstić information content (AvgIpc) is 3.07. The Morgan fingerprint density at radius 1 is 1.29 bits per heavy atom. The number of benzene rings is 1. The van der Waals surface area contributed by atoms with Crippen LogP contribution >= 0.6 is 11.8 Å². The summed E-state index contributed by atoms with van der Waals surface area (Å²) in [5.74, 6) is 1.65. The number of hydrogen-bond acceptors (Lipinski definition) is 4.